The summed E-state index contributed by atoms with van der Waals surface area (Å²) in [5.74, 6) is 0. The number of aliphatic hydroxyl groups is 1. The summed E-state index contributed by atoms with van der Waals surface area (Å²) in [4.78, 5) is 1.99. The van der Waals surface area contributed by atoms with Gasteiger partial charge in [0.2, 0.25) is 0 Å². The largest absolute Gasteiger partial charge is 0.388 e. The molecule has 4 heteroatoms. The molecule has 2 atom stereocenters. The van der Waals surface area contributed by atoms with Crippen LogP contribution in [-0.4, -0.2) is 62.6 Å². The Morgan fingerprint density at radius 2 is 2.07 bits per heavy atom. The Morgan fingerprint density at radius 1 is 1.47 bits per heavy atom. The number of nitrogens with one attached hydrogen (secondary N) is 1. The number of hydrogen-bond donors (Lipinski definition) is 2. The molecular weight excluding hydrogens is 192 g/mol. The van der Waals surface area contributed by atoms with Crippen LogP contribution in [0.3, 0.4) is 0 Å². The summed E-state index contributed by atoms with van der Waals surface area (Å²) in [6.07, 6.45) is 1.01. The Balaban J connectivity index is 3.89. The Bertz CT molecular complexity index is 161. The number of hydrogen-bond acceptors (Lipinski definition) is 4. The molecule has 2 unspecified atom stereocenters. The fourth-order valence-electron chi connectivity index (χ4n) is 1.62. The average molecular weight is 218 g/mol. The van der Waals surface area contributed by atoms with Crippen molar-refractivity contribution in [2.24, 2.45) is 0 Å². The molecule has 0 saturated carbocycles. The second kappa shape index (κ2) is 7.17. The van der Waals surface area contributed by atoms with Crippen LogP contribution >= 0.6 is 0 Å². The van der Waals surface area contributed by atoms with Gasteiger partial charge in [-0.1, -0.05) is 6.92 Å². The van der Waals surface area contributed by atoms with E-state index in [4.69, 9.17) is 4.74 Å². The van der Waals surface area contributed by atoms with E-state index in [1.807, 2.05) is 25.9 Å². The summed E-state index contributed by atoms with van der Waals surface area (Å²) >= 11 is 0. The number of ether oxygens (including phenoxy) is 1. The molecule has 0 aromatic carbocycles. The van der Waals surface area contributed by atoms with Gasteiger partial charge in [-0.25, -0.2) is 0 Å². The van der Waals surface area contributed by atoms with Gasteiger partial charge < -0.3 is 20.1 Å². The van der Waals surface area contributed by atoms with Crippen LogP contribution in [0.5, 0.6) is 0 Å². The van der Waals surface area contributed by atoms with E-state index in [1.54, 1.807) is 7.11 Å². The second-order valence-corrected chi connectivity index (χ2v) is 4.68. The van der Waals surface area contributed by atoms with Crippen LogP contribution in [-0.2, 0) is 4.74 Å². The lowest BCUT2D eigenvalue weighted by Crippen LogP contribution is -2.49. The maximum atomic E-state index is 10.1. The number of likely N-dealkylation sites (N-methyl/N-ethyl adjacent to an activating group) is 1. The van der Waals surface area contributed by atoms with Gasteiger partial charge in [0.1, 0.15) is 0 Å². The zero-order valence-corrected chi connectivity index (χ0v) is 10.7. The smallest absolute Gasteiger partial charge is 0.0869 e. The standard InChI is InChI=1S/C11H26N2O2/c1-6-10(7-15-5)12-8-11(2,14)9-13(3)4/h10,12,14H,6-9H2,1-5H3. The summed E-state index contributed by atoms with van der Waals surface area (Å²) in [6.45, 7) is 5.89. The van der Waals surface area contributed by atoms with Gasteiger partial charge in [-0.05, 0) is 27.4 Å². The predicted molar refractivity (Wildman–Crippen MR) is 63.1 cm³/mol. The van der Waals surface area contributed by atoms with Gasteiger partial charge in [0.05, 0.1) is 12.2 Å². The van der Waals surface area contributed by atoms with Crippen molar-refractivity contribution in [3.8, 4) is 0 Å². The minimum atomic E-state index is -0.690. The topological polar surface area (TPSA) is 44.7 Å². The maximum Gasteiger partial charge on any atom is 0.0869 e. The summed E-state index contributed by atoms with van der Waals surface area (Å²) in [7, 11) is 5.62. The molecule has 0 radical (unpaired) electrons. The molecule has 0 saturated heterocycles. The van der Waals surface area contributed by atoms with E-state index in [0.29, 0.717) is 25.7 Å². The molecule has 0 aliphatic heterocycles. The van der Waals surface area contributed by atoms with Gasteiger partial charge in [0, 0.05) is 26.2 Å². The van der Waals surface area contributed by atoms with Crippen LogP contribution in [0.2, 0.25) is 0 Å². The van der Waals surface area contributed by atoms with Crippen molar-refractivity contribution in [1.29, 1.82) is 0 Å². The first kappa shape index (κ1) is 14.8. The molecule has 0 heterocycles. The first-order valence-corrected chi connectivity index (χ1v) is 5.50. The first-order chi connectivity index (χ1) is 6.91. The van der Waals surface area contributed by atoms with Crippen molar-refractivity contribution in [2.45, 2.75) is 31.9 Å². The average Bonchev–Trinajstić information content (AvgIpc) is 2.10. The van der Waals surface area contributed by atoms with Crippen molar-refractivity contribution < 1.29 is 9.84 Å². The van der Waals surface area contributed by atoms with E-state index >= 15 is 0 Å². The third kappa shape index (κ3) is 7.73. The molecular formula is C11H26N2O2. The lowest BCUT2D eigenvalue weighted by Gasteiger charge is -2.29. The van der Waals surface area contributed by atoms with Crippen molar-refractivity contribution in [1.82, 2.24) is 10.2 Å². The minimum absolute atomic E-state index is 0.323. The monoisotopic (exact) mass is 218 g/mol. The molecule has 0 fully saturated rings. The Labute approximate surface area is 93.6 Å². The molecule has 0 spiro atoms. The van der Waals surface area contributed by atoms with Gasteiger partial charge in [0.15, 0.2) is 0 Å². The fraction of sp³-hybridized carbons (Fsp3) is 1.00. The van der Waals surface area contributed by atoms with Gasteiger partial charge in [-0.3, -0.25) is 0 Å². The summed E-state index contributed by atoms with van der Waals surface area (Å²) in [6, 6.07) is 0.323. The summed E-state index contributed by atoms with van der Waals surface area (Å²) in [5, 5.41) is 13.4. The zero-order valence-electron chi connectivity index (χ0n) is 10.7. The molecule has 0 aliphatic carbocycles. The lowest BCUT2D eigenvalue weighted by atomic mass is 10.1. The molecule has 0 rings (SSSR count). The Hall–Kier alpha value is -0.160. The Morgan fingerprint density at radius 3 is 2.47 bits per heavy atom. The van der Waals surface area contributed by atoms with Crippen LogP contribution in [0.4, 0.5) is 0 Å². The third-order valence-corrected chi connectivity index (χ3v) is 2.29. The van der Waals surface area contributed by atoms with Crippen LogP contribution < -0.4 is 5.32 Å². The highest BCUT2D eigenvalue weighted by atomic mass is 16.5. The Kier molecular flexibility index (Phi) is 7.09. The molecule has 92 valence electrons. The molecule has 2 N–H and O–H groups in total. The number of nitrogens with zero attached hydrogens (tertiary/aromatic N) is 1. The van der Waals surface area contributed by atoms with Gasteiger partial charge in [0.25, 0.3) is 0 Å². The van der Waals surface area contributed by atoms with E-state index in [0.717, 1.165) is 6.42 Å². The number of rotatable bonds is 8. The van der Waals surface area contributed by atoms with E-state index in [9.17, 15) is 5.11 Å². The highest BCUT2D eigenvalue weighted by Crippen LogP contribution is 2.04. The highest BCUT2D eigenvalue weighted by molar-refractivity contribution is 4.80. The number of methoxy groups -OCH3 is 1. The maximum absolute atomic E-state index is 10.1. The molecule has 0 aliphatic rings. The van der Waals surface area contributed by atoms with E-state index < -0.39 is 5.60 Å². The highest BCUT2D eigenvalue weighted by Gasteiger charge is 2.22. The van der Waals surface area contributed by atoms with Crippen molar-refractivity contribution in [2.75, 3.05) is 40.9 Å². The molecule has 0 aromatic rings. The van der Waals surface area contributed by atoms with E-state index in [-0.39, 0.29) is 0 Å². The van der Waals surface area contributed by atoms with Crippen LogP contribution in [0.25, 0.3) is 0 Å². The zero-order chi connectivity index (χ0) is 11.9. The first-order valence-electron chi connectivity index (χ1n) is 5.50. The van der Waals surface area contributed by atoms with Crippen LogP contribution in [0.1, 0.15) is 20.3 Å². The van der Waals surface area contributed by atoms with Crippen molar-refractivity contribution in [3.63, 3.8) is 0 Å². The minimum Gasteiger partial charge on any atom is -0.388 e. The molecule has 15 heavy (non-hydrogen) atoms. The summed E-state index contributed by atoms with van der Waals surface area (Å²) < 4.78 is 5.09. The molecule has 0 aromatic heterocycles. The van der Waals surface area contributed by atoms with Gasteiger partial charge in [-0.15, -0.1) is 0 Å². The normalized spacial score (nSPS) is 17.8. The summed E-state index contributed by atoms with van der Waals surface area (Å²) in [5.41, 5.74) is -0.690. The predicted octanol–water partition coefficient (Wildman–Crippen LogP) is 0.314. The van der Waals surface area contributed by atoms with Crippen molar-refractivity contribution in [3.05, 3.63) is 0 Å². The van der Waals surface area contributed by atoms with Crippen molar-refractivity contribution >= 4 is 0 Å². The SMILES string of the molecule is CCC(COC)NCC(C)(O)CN(C)C. The molecule has 0 amide bonds. The van der Waals surface area contributed by atoms with Gasteiger partial charge >= 0.3 is 0 Å². The van der Waals surface area contributed by atoms with E-state index in [2.05, 4.69) is 12.2 Å². The molecule has 0 bridgehead atoms. The fourth-order valence-corrected chi connectivity index (χ4v) is 1.62. The quantitative estimate of drug-likeness (QED) is 0.615. The second-order valence-electron chi connectivity index (χ2n) is 4.68. The van der Waals surface area contributed by atoms with E-state index in [1.165, 1.54) is 0 Å². The molecule has 4 nitrogen and oxygen atoms in total. The van der Waals surface area contributed by atoms with Crippen LogP contribution in [0, 0.1) is 0 Å². The van der Waals surface area contributed by atoms with Gasteiger partial charge in [-0.2, -0.15) is 0 Å². The lowest BCUT2D eigenvalue weighted by molar-refractivity contribution is 0.0279. The van der Waals surface area contributed by atoms with Crippen LogP contribution in [0.15, 0.2) is 0 Å². The third-order valence-electron chi connectivity index (χ3n) is 2.29.